The average molecular weight is 272 g/mol. The van der Waals surface area contributed by atoms with Crippen molar-refractivity contribution in [2.24, 2.45) is 17.8 Å². The van der Waals surface area contributed by atoms with E-state index in [1.165, 1.54) is 31.2 Å². The zero-order valence-corrected chi connectivity index (χ0v) is 12.2. The predicted molar refractivity (Wildman–Crippen MR) is 81.4 cm³/mol. The van der Waals surface area contributed by atoms with Crippen molar-refractivity contribution in [3.05, 3.63) is 29.8 Å². The van der Waals surface area contributed by atoms with E-state index in [1.54, 1.807) is 0 Å². The molecule has 2 bridgehead atoms. The van der Waals surface area contributed by atoms with Gasteiger partial charge in [-0.25, -0.2) is 0 Å². The Bertz CT molecular complexity index is 468. The van der Waals surface area contributed by atoms with Gasteiger partial charge in [0.05, 0.1) is 0 Å². The molecule has 2 aliphatic carbocycles. The molecular formula is C17H24N2O. The molecule has 1 amide bonds. The van der Waals surface area contributed by atoms with E-state index in [0.29, 0.717) is 12.3 Å². The Morgan fingerprint density at radius 3 is 2.60 bits per heavy atom. The quantitative estimate of drug-likeness (QED) is 0.864. The monoisotopic (exact) mass is 272 g/mol. The third-order valence-corrected chi connectivity index (χ3v) is 4.95. The first-order valence-electron chi connectivity index (χ1n) is 7.78. The summed E-state index contributed by atoms with van der Waals surface area (Å²) < 4.78 is 0. The highest BCUT2D eigenvalue weighted by molar-refractivity contribution is 5.90. The second-order valence-electron chi connectivity index (χ2n) is 6.41. The molecule has 0 aliphatic heterocycles. The summed E-state index contributed by atoms with van der Waals surface area (Å²) in [5.41, 5.74) is 2.15. The molecule has 0 radical (unpaired) electrons. The molecule has 3 rings (SSSR count). The molecule has 3 unspecified atom stereocenters. The van der Waals surface area contributed by atoms with Crippen molar-refractivity contribution >= 4 is 11.6 Å². The van der Waals surface area contributed by atoms with Gasteiger partial charge >= 0.3 is 0 Å². The topological polar surface area (TPSA) is 41.1 Å². The molecule has 0 spiro atoms. The molecule has 3 nitrogen and oxygen atoms in total. The molecule has 2 saturated carbocycles. The number of hydrogen-bond donors (Lipinski definition) is 2. The third-order valence-electron chi connectivity index (χ3n) is 4.95. The Kier molecular flexibility index (Phi) is 4.06. The van der Waals surface area contributed by atoms with Crippen LogP contribution in [-0.4, -0.2) is 13.0 Å². The minimum Gasteiger partial charge on any atom is -0.326 e. The van der Waals surface area contributed by atoms with E-state index in [0.717, 1.165) is 24.1 Å². The van der Waals surface area contributed by atoms with Gasteiger partial charge in [-0.3, -0.25) is 4.79 Å². The van der Waals surface area contributed by atoms with Gasteiger partial charge in [-0.2, -0.15) is 0 Å². The van der Waals surface area contributed by atoms with Crippen molar-refractivity contribution in [1.29, 1.82) is 0 Å². The van der Waals surface area contributed by atoms with Gasteiger partial charge in [-0.15, -0.1) is 0 Å². The first-order valence-corrected chi connectivity index (χ1v) is 7.78. The number of nitrogens with one attached hydrogen (secondary N) is 2. The molecule has 0 saturated heterocycles. The van der Waals surface area contributed by atoms with Crippen LogP contribution in [0.2, 0.25) is 0 Å². The number of carbonyl (C=O) groups excluding carboxylic acids is 1. The molecule has 3 heteroatoms. The molecule has 2 fully saturated rings. The summed E-state index contributed by atoms with van der Waals surface area (Å²) in [4.78, 5) is 12.1. The molecule has 2 N–H and O–H groups in total. The largest absolute Gasteiger partial charge is 0.326 e. The molecule has 1 aromatic rings. The van der Waals surface area contributed by atoms with Crippen molar-refractivity contribution in [2.75, 3.05) is 12.4 Å². The zero-order valence-electron chi connectivity index (χ0n) is 12.2. The molecule has 0 heterocycles. The van der Waals surface area contributed by atoms with Crippen LogP contribution < -0.4 is 10.6 Å². The predicted octanol–water partition coefficient (Wildman–Crippen LogP) is 3.17. The highest BCUT2D eigenvalue weighted by atomic mass is 16.1. The summed E-state index contributed by atoms with van der Waals surface area (Å²) in [7, 11) is 1.94. The van der Waals surface area contributed by atoms with E-state index >= 15 is 0 Å². The lowest BCUT2D eigenvalue weighted by Crippen LogP contribution is -2.20. The van der Waals surface area contributed by atoms with Crippen LogP contribution in [0.4, 0.5) is 5.69 Å². The Morgan fingerprint density at radius 1 is 1.20 bits per heavy atom. The Labute approximate surface area is 121 Å². The summed E-state index contributed by atoms with van der Waals surface area (Å²) >= 11 is 0. The van der Waals surface area contributed by atoms with Crippen LogP contribution in [0.1, 0.15) is 37.7 Å². The van der Waals surface area contributed by atoms with Crippen LogP contribution in [0.25, 0.3) is 0 Å². The van der Waals surface area contributed by atoms with Gasteiger partial charge in [0, 0.05) is 18.7 Å². The fourth-order valence-corrected chi connectivity index (χ4v) is 3.99. The normalized spacial score (nSPS) is 27.8. The first kappa shape index (κ1) is 13.6. The van der Waals surface area contributed by atoms with Gasteiger partial charge in [0.1, 0.15) is 0 Å². The van der Waals surface area contributed by atoms with E-state index in [1.807, 2.05) is 19.2 Å². The van der Waals surface area contributed by atoms with Gasteiger partial charge in [0.25, 0.3) is 0 Å². The third kappa shape index (κ3) is 3.04. The highest BCUT2D eigenvalue weighted by Gasteiger charge is 2.40. The number of amides is 1. The lowest BCUT2D eigenvalue weighted by molar-refractivity contribution is -0.117. The van der Waals surface area contributed by atoms with Crippen LogP contribution in [0, 0.1) is 17.8 Å². The first-order chi connectivity index (χ1) is 9.74. The summed E-state index contributed by atoms with van der Waals surface area (Å²) in [6.45, 7) is 0.860. The van der Waals surface area contributed by atoms with E-state index < -0.39 is 0 Å². The van der Waals surface area contributed by atoms with Crippen LogP contribution >= 0.6 is 0 Å². The summed E-state index contributed by atoms with van der Waals surface area (Å²) in [6.07, 6.45) is 6.10. The maximum Gasteiger partial charge on any atom is 0.224 e. The Morgan fingerprint density at radius 2 is 2.00 bits per heavy atom. The maximum absolute atomic E-state index is 12.1. The molecule has 20 heavy (non-hydrogen) atoms. The smallest absolute Gasteiger partial charge is 0.224 e. The molecular weight excluding hydrogens is 248 g/mol. The minimum atomic E-state index is 0.184. The van der Waals surface area contributed by atoms with Crippen LogP contribution in [0.5, 0.6) is 0 Å². The van der Waals surface area contributed by atoms with E-state index in [4.69, 9.17) is 0 Å². The van der Waals surface area contributed by atoms with Crippen LogP contribution in [0.3, 0.4) is 0 Å². The van der Waals surface area contributed by atoms with E-state index in [-0.39, 0.29) is 5.91 Å². The van der Waals surface area contributed by atoms with Crippen LogP contribution in [-0.2, 0) is 11.3 Å². The number of carbonyl (C=O) groups is 1. The zero-order chi connectivity index (χ0) is 13.9. The molecule has 3 atom stereocenters. The molecule has 2 aliphatic rings. The van der Waals surface area contributed by atoms with Gasteiger partial charge in [0.15, 0.2) is 0 Å². The van der Waals surface area contributed by atoms with Crippen molar-refractivity contribution in [1.82, 2.24) is 5.32 Å². The van der Waals surface area contributed by atoms with Crippen molar-refractivity contribution in [3.8, 4) is 0 Å². The number of rotatable bonds is 5. The number of benzene rings is 1. The van der Waals surface area contributed by atoms with E-state index in [2.05, 4.69) is 22.8 Å². The summed E-state index contributed by atoms with van der Waals surface area (Å²) in [5.74, 6) is 2.56. The second kappa shape index (κ2) is 5.96. The summed E-state index contributed by atoms with van der Waals surface area (Å²) in [6, 6.07) is 8.10. The SMILES string of the molecule is CNCc1ccc(NC(=O)CC2CC3CCC2C3)cc1. The van der Waals surface area contributed by atoms with Crippen LogP contribution in [0.15, 0.2) is 24.3 Å². The number of hydrogen-bond acceptors (Lipinski definition) is 2. The molecule has 108 valence electrons. The van der Waals surface area contributed by atoms with E-state index in [9.17, 15) is 4.79 Å². The Balaban J connectivity index is 1.51. The number of fused-ring (bicyclic) bond motifs is 2. The summed E-state index contributed by atoms with van der Waals surface area (Å²) in [5, 5.41) is 6.16. The van der Waals surface area contributed by atoms with Crippen molar-refractivity contribution in [2.45, 2.75) is 38.6 Å². The fourth-order valence-electron chi connectivity index (χ4n) is 3.99. The maximum atomic E-state index is 12.1. The minimum absolute atomic E-state index is 0.184. The van der Waals surface area contributed by atoms with Crippen molar-refractivity contribution < 1.29 is 4.79 Å². The second-order valence-corrected chi connectivity index (χ2v) is 6.41. The lowest BCUT2D eigenvalue weighted by atomic mass is 9.86. The van der Waals surface area contributed by atoms with Gasteiger partial charge in [-0.1, -0.05) is 18.6 Å². The van der Waals surface area contributed by atoms with Gasteiger partial charge in [0.2, 0.25) is 5.91 Å². The van der Waals surface area contributed by atoms with Gasteiger partial charge < -0.3 is 10.6 Å². The standard InChI is InChI=1S/C17H24N2O/c1-18-11-12-3-6-16(7-4-12)19-17(20)10-15-9-13-2-5-14(15)8-13/h3-4,6-7,13-15,18H,2,5,8-11H2,1H3,(H,19,20). The lowest BCUT2D eigenvalue weighted by Gasteiger charge is -2.20. The highest BCUT2D eigenvalue weighted by Crippen LogP contribution is 2.49. The molecule has 1 aromatic carbocycles. The van der Waals surface area contributed by atoms with Gasteiger partial charge in [-0.05, 0) is 61.8 Å². The molecule has 0 aromatic heterocycles. The number of anilines is 1. The average Bonchev–Trinajstić information content (AvgIpc) is 3.03. The fraction of sp³-hybridized carbons (Fsp3) is 0.588. The Hall–Kier alpha value is -1.35. The van der Waals surface area contributed by atoms with Crippen molar-refractivity contribution in [3.63, 3.8) is 0 Å².